The Morgan fingerprint density at radius 1 is 1.06 bits per heavy atom. The van der Waals surface area contributed by atoms with Crippen molar-refractivity contribution in [2.75, 3.05) is 19.6 Å². The third-order valence-electron chi connectivity index (χ3n) is 5.08. The molecule has 3 rings (SSSR count). The van der Waals surface area contributed by atoms with Gasteiger partial charge in [0.2, 0.25) is 0 Å². The highest BCUT2D eigenvalue weighted by Crippen LogP contribution is 2.31. The quantitative estimate of drug-likeness (QED) is 0.782. The van der Waals surface area contributed by atoms with E-state index in [0.717, 1.165) is 25.4 Å². The molecule has 17 heavy (non-hydrogen) atoms. The summed E-state index contributed by atoms with van der Waals surface area (Å²) in [6, 6.07) is 1.40. The van der Waals surface area contributed by atoms with E-state index in [1.807, 2.05) is 0 Å². The lowest BCUT2D eigenvalue weighted by molar-refractivity contribution is 0.0424. The van der Waals surface area contributed by atoms with Gasteiger partial charge in [-0.25, -0.2) is 0 Å². The highest BCUT2D eigenvalue weighted by Gasteiger charge is 2.37. The fraction of sp³-hybridized carbons (Fsp3) is 1.00. The number of hydrogen-bond donors (Lipinski definition) is 2. The summed E-state index contributed by atoms with van der Waals surface area (Å²) in [4.78, 5) is 2.65. The van der Waals surface area contributed by atoms with Gasteiger partial charge in [-0.1, -0.05) is 19.3 Å². The Bertz CT molecular complexity index is 263. The van der Waals surface area contributed by atoms with Crippen LogP contribution in [0.4, 0.5) is 0 Å². The van der Waals surface area contributed by atoms with Crippen molar-refractivity contribution in [2.45, 2.75) is 69.1 Å². The summed E-state index contributed by atoms with van der Waals surface area (Å²) < 4.78 is 0. The van der Waals surface area contributed by atoms with Gasteiger partial charge in [0.25, 0.3) is 0 Å². The van der Waals surface area contributed by atoms with E-state index in [-0.39, 0.29) is 5.60 Å². The second-order valence-corrected chi connectivity index (χ2v) is 6.31. The molecule has 3 aliphatic rings. The van der Waals surface area contributed by atoms with E-state index in [9.17, 15) is 5.11 Å². The van der Waals surface area contributed by atoms with E-state index < -0.39 is 0 Å². The zero-order valence-corrected chi connectivity index (χ0v) is 10.8. The minimum Gasteiger partial charge on any atom is -0.389 e. The predicted molar refractivity (Wildman–Crippen MR) is 69.0 cm³/mol. The van der Waals surface area contributed by atoms with Crippen molar-refractivity contribution >= 4 is 0 Å². The SMILES string of the molecule is OC1(CNC2CCN3CCCCC23)CCCC1. The first-order valence-electron chi connectivity index (χ1n) is 7.47. The van der Waals surface area contributed by atoms with Gasteiger partial charge in [-0.3, -0.25) is 4.90 Å². The van der Waals surface area contributed by atoms with Gasteiger partial charge in [-0.2, -0.15) is 0 Å². The Labute approximate surface area is 105 Å². The molecule has 98 valence electrons. The number of piperidine rings is 1. The summed E-state index contributed by atoms with van der Waals surface area (Å²) in [6.45, 7) is 3.38. The van der Waals surface area contributed by atoms with Gasteiger partial charge >= 0.3 is 0 Å². The van der Waals surface area contributed by atoms with Gasteiger partial charge in [0, 0.05) is 25.2 Å². The van der Waals surface area contributed by atoms with Crippen molar-refractivity contribution in [3.63, 3.8) is 0 Å². The lowest BCUT2D eigenvalue weighted by Crippen LogP contribution is -2.49. The molecule has 2 atom stereocenters. The fourth-order valence-corrected chi connectivity index (χ4v) is 4.02. The molecule has 1 aliphatic carbocycles. The first kappa shape index (κ1) is 11.9. The summed E-state index contributed by atoms with van der Waals surface area (Å²) >= 11 is 0. The second-order valence-electron chi connectivity index (χ2n) is 6.31. The van der Waals surface area contributed by atoms with Gasteiger partial charge in [0.15, 0.2) is 0 Å². The average Bonchev–Trinajstić information content (AvgIpc) is 2.94. The van der Waals surface area contributed by atoms with Gasteiger partial charge in [-0.05, 0) is 38.6 Å². The minimum atomic E-state index is -0.387. The zero-order valence-electron chi connectivity index (χ0n) is 10.8. The number of nitrogens with one attached hydrogen (secondary N) is 1. The molecule has 3 heteroatoms. The number of fused-ring (bicyclic) bond motifs is 1. The Kier molecular flexibility index (Phi) is 3.42. The van der Waals surface area contributed by atoms with Gasteiger partial charge in [-0.15, -0.1) is 0 Å². The summed E-state index contributed by atoms with van der Waals surface area (Å²) in [5, 5.41) is 14.0. The van der Waals surface area contributed by atoms with Crippen LogP contribution in [0.1, 0.15) is 51.4 Å². The standard InChI is InChI=1S/C14H26N2O/c17-14(7-2-3-8-14)11-15-12-6-10-16-9-4-1-5-13(12)16/h12-13,15,17H,1-11H2. The number of hydrogen-bond acceptors (Lipinski definition) is 3. The summed E-state index contributed by atoms with van der Waals surface area (Å²) in [7, 11) is 0. The average molecular weight is 238 g/mol. The van der Waals surface area contributed by atoms with E-state index >= 15 is 0 Å². The number of nitrogens with zero attached hydrogens (tertiary/aromatic N) is 1. The Balaban J connectivity index is 1.51. The summed E-state index contributed by atoms with van der Waals surface area (Å²) in [5.41, 5.74) is -0.387. The fourth-order valence-electron chi connectivity index (χ4n) is 4.02. The molecule has 2 N–H and O–H groups in total. The van der Waals surface area contributed by atoms with E-state index in [2.05, 4.69) is 10.2 Å². The van der Waals surface area contributed by atoms with Crippen LogP contribution in [-0.2, 0) is 0 Å². The summed E-state index contributed by atoms with van der Waals surface area (Å²) in [5.74, 6) is 0. The number of aliphatic hydroxyl groups is 1. The third kappa shape index (κ3) is 2.51. The number of rotatable bonds is 3. The van der Waals surface area contributed by atoms with Crippen LogP contribution >= 0.6 is 0 Å². The van der Waals surface area contributed by atoms with Crippen molar-refractivity contribution in [1.29, 1.82) is 0 Å². The molecule has 0 radical (unpaired) electrons. The largest absolute Gasteiger partial charge is 0.389 e. The molecule has 2 heterocycles. The van der Waals surface area contributed by atoms with E-state index in [4.69, 9.17) is 0 Å². The highest BCUT2D eigenvalue weighted by molar-refractivity contribution is 4.96. The van der Waals surface area contributed by atoms with Crippen molar-refractivity contribution in [3.8, 4) is 0 Å². The molecule has 3 fully saturated rings. The molecule has 2 saturated heterocycles. The van der Waals surface area contributed by atoms with Crippen molar-refractivity contribution in [3.05, 3.63) is 0 Å². The van der Waals surface area contributed by atoms with Gasteiger partial charge < -0.3 is 10.4 Å². The lowest BCUT2D eigenvalue weighted by Gasteiger charge is -2.34. The predicted octanol–water partition coefficient (Wildman–Crippen LogP) is 1.51. The molecule has 0 amide bonds. The molecule has 0 aromatic rings. The maximum atomic E-state index is 10.4. The molecular formula is C14H26N2O. The molecular weight excluding hydrogens is 212 g/mol. The molecule has 2 unspecified atom stereocenters. The molecule has 2 aliphatic heterocycles. The van der Waals surface area contributed by atoms with E-state index in [0.29, 0.717) is 6.04 Å². The molecule has 3 nitrogen and oxygen atoms in total. The minimum absolute atomic E-state index is 0.387. The third-order valence-corrected chi connectivity index (χ3v) is 5.08. The van der Waals surface area contributed by atoms with Crippen LogP contribution in [0.5, 0.6) is 0 Å². The maximum absolute atomic E-state index is 10.4. The maximum Gasteiger partial charge on any atom is 0.0771 e. The topological polar surface area (TPSA) is 35.5 Å². The van der Waals surface area contributed by atoms with Crippen LogP contribution in [0.15, 0.2) is 0 Å². The van der Waals surface area contributed by atoms with Gasteiger partial charge in [0.1, 0.15) is 0 Å². The van der Waals surface area contributed by atoms with Crippen molar-refractivity contribution in [1.82, 2.24) is 10.2 Å². The normalized spacial score (nSPS) is 37.2. The first-order valence-corrected chi connectivity index (χ1v) is 7.47. The molecule has 0 spiro atoms. The highest BCUT2D eigenvalue weighted by atomic mass is 16.3. The van der Waals surface area contributed by atoms with E-state index in [1.165, 1.54) is 51.6 Å². The lowest BCUT2D eigenvalue weighted by atomic mass is 9.97. The molecule has 0 bridgehead atoms. The monoisotopic (exact) mass is 238 g/mol. The Hall–Kier alpha value is -0.120. The zero-order chi connectivity index (χ0) is 11.7. The Morgan fingerprint density at radius 3 is 2.71 bits per heavy atom. The summed E-state index contributed by atoms with van der Waals surface area (Å²) in [6.07, 6.45) is 9.83. The molecule has 1 saturated carbocycles. The second kappa shape index (κ2) is 4.87. The van der Waals surface area contributed by atoms with Crippen LogP contribution in [0.2, 0.25) is 0 Å². The Morgan fingerprint density at radius 2 is 1.88 bits per heavy atom. The van der Waals surface area contributed by atoms with Crippen LogP contribution in [0.3, 0.4) is 0 Å². The van der Waals surface area contributed by atoms with Crippen molar-refractivity contribution < 1.29 is 5.11 Å². The van der Waals surface area contributed by atoms with Crippen LogP contribution in [0, 0.1) is 0 Å². The van der Waals surface area contributed by atoms with Crippen LogP contribution in [0.25, 0.3) is 0 Å². The van der Waals surface area contributed by atoms with Crippen LogP contribution < -0.4 is 5.32 Å². The van der Waals surface area contributed by atoms with Crippen LogP contribution in [-0.4, -0.2) is 47.3 Å². The van der Waals surface area contributed by atoms with Crippen molar-refractivity contribution in [2.24, 2.45) is 0 Å². The molecule has 0 aromatic carbocycles. The smallest absolute Gasteiger partial charge is 0.0771 e. The van der Waals surface area contributed by atoms with Gasteiger partial charge in [0.05, 0.1) is 5.60 Å². The molecule has 0 aromatic heterocycles. The first-order chi connectivity index (χ1) is 8.27. The van der Waals surface area contributed by atoms with E-state index in [1.54, 1.807) is 0 Å².